The minimum atomic E-state index is -0.0551. The first-order chi connectivity index (χ1) is 11.1. The molecule has 5 heteroatoms. The van der Waals surface area contributed by atoms with Gasteiger partial charge in [0.15, 0.2) is 0 Å². The Labute approximate surface area is 141 Å². The van der Waals surface area contributed by atoms with Crippen molar-refractivity contribution in [2.45, 2.75) is 71.0 Å². The molecule has 1 heterocycles. The normalized spacial score (nSPS) is 29.9. The third-order valence-electron chi connectivity index (χ3n) is 5.91. The number of carbonyl (C=O) groups is 1. The number of nitrogens with zero attached hydrogens (tertiary/aromatic N) is 2. The molecular formula is C18H35N3O2. The Balaban J connectivity index is 1.79. The highest BCUT2D eigenvalue weighted by Gasteiger charge is 2.30. The molecular weight excluding hydrogens is 290 g/mol. The first-order valence-electron chi connectivity index (χ1n) is 9.46. The number of carbonyl (C=O) groups excluding carboxylic acids is 1. The minimum Gasteiger partial charge on any atom is -0.395 e. The van der Waals surface area contributed by atoms with Gasteiger partial charge in [0.2, 0.25) is 5.91 Å². The van der Waals surface area contributed by atoms with E-state index in [2.05, 4.69) is 29.0 Å². The zero-order valence-electron chi connectivity index (χ0n) is 15.1. The summed E-state index contributed by atoms with van der Waals surface area (Å²) in [5.74, 6) is 0.790. The Morgan fingerprint density at radius 3 is 2.35 bits per heavy atom. The molecule has 0 radical (unpaired) electrons. The molecule has 2 aliphatic rings. The molecule has 23 heavy (non-hydrogen) atoms. The molecule has 5 nitrogen and oxygen atoms in total. The minimum absolute atomic E-state index is 0.0551. The molecule has 1 saturated carbocycles. The van der Waals surface area contributed by atoms with Crippen LogP contribution in [0, 0.1) is 5.92 Å². The smallest absolute Gasteiger partial charge is 0.237 e. The maximum Gasteiger partial charge on any atom is 0.237 e. The average Bonchev–Trinajstić information content (AvgIpc) is 2.58. The van der Waals surface area contributed by atoms with Gasteiger partial charge in [0, 0.05) is 38.3 Å². The van der Waals surface area contributed by atoms with Crippen LogP contribution < -0.4 is 5.32 Å². The van der Waals surface area contributed by atoms with Gasteiger partial charge in [-0.25, -0.2) is 0 Å². The number of hydrogen-bond donors (Lipinski definition) is 2. The summed E-state index contributed by atoms with van der Waals surface area (Å²) in [7, 11) is 0. The zero-order chi connectivity index (χ0) is 16.8. The number of hydrogen-bond acceptors (Lipinski definition) is 4. The third kappa shape index (κ3) is 4.91. The lowest BCUT2D eigenvalue weighted by Gasteiger charge is -2.41. The van der Waals surface area contributed by atoms with Crippen LogP contribution in [0.25, 0.3) is 0 Å². The molecule has 1 saturated heterocycles. The van der Waals surface area contributed by atoms with Gasteiger partial charge < -0.3 is 10.4 Å². The summed E-state index contributed by atoms with van der Waals surface area (Å²) < 4.78 is 0. The lowest BCUT2D eigenvalue weighted by molar-refractivity contribution is -0.128. The van der Waals surface area contributed by atoms with Gasteiger partial charge in [-0.3, -0.25) is 14.6 Å². The van der Waals surface area contributed by atoms with Crippen molar-refractivity contribution in [2.75, 3.05) is 32.8 Å². The van der Waals surface area contributed by atoms with E-state index in [4.69, 9.17) is 0 Å². The van der Waals surface area contributed by atoms with Crippen molar-refractivity contribution in [3.63, 3.8) is 0 Å². The standard InChI is InChI=1S/C18H35N3O2/c1-4-16(13-22)21-11-9-20(10-12-21)15(3)18(23)19-17-8-6-5-7-14(17)2/h14-17,22H,4-13H2,1-3H3,(H,19,23). The molecule has 1 amide bonds. The Kier molecular flexibility index (Phi) is 7.31. The predicted octanol–water partition coefficient (Wildman–Crippen LogP) is 1.46. The van der Waals surface area contributed by atoms with Crippen LogP contribution in [0.5, 0.6) is 0 Å². The van der Waals surface area contributed by atoms with Gasteiger partial charge in [-0.1, -0.05) is 26.7 Å². The summed E-state index contributed by atoms with van der Waals surface area (Å²) in [5, 5.41) is 12.7. The van der Waals surface area contributed by atoms with Crippen LogP contribution in [-0.4, -0.2) is 71.7 Å². The van der Waals surface area contributed by atoms with E-state index in [1.54, 1.807) is 0 Å². The SMILES string of the molecule is CCC(CO)N1CCN(C(C)C(=O)NC2CCCCC2C)CC1. The van der Waals surface area contributed by atoms with Crippen LogP contribution in [0.4, 0.5) is 0 Å². The molecule has 0 aromatic carbocycles. The van der Waals surface area contributed by atoms with Crippen molar-refractivity contribution in [3.8, 4) is 0 Å². The van der Waals surface area contributed by atoms with Gasteiger partial charge in [-0.15, -0.1) is 0 Å². The largest absolute Gasteiger partial charge is 0.395 e. The van der Waals surface area contributed by atoms with E-state index in [0.29, 0.717) is 12.0 Å². The van der Waals surface area contributed by atoms with E-state index in [0.717, 1.165) is 39.0 Å². The van der Waals surface area contributed by atoms with E-state index < -0.39 is 0 Å². The highest BCUT2D eigenvalue weighted by molar-refractivity contribution is 5.81. The van der Waals surface area contributed by atoms with Gasteiger partial charge in [-0.2, -0.15) is 0 Å². The summed E-state index contributed by atoms with van der Waals surface area (Å²) in [6.45, 7) is 10.3. The number of amides is 1. The molecule has 1 aliphatic heterocycles. The first kappa shape index (κ1) is 18.7. The van der Waals surface area contributed by atoms with Crippen LogP contribution in [0.15, 0.2) is 0 Å². The van der Waals surface area contributed by atoms with Crippen molar-refractivity contribution in [2.24, 2.45) is 5.92 Å². The van der Waals surface area contributed by atoms with E-state index in [9.17, 15) is 9.90 Å². The Hall–Kier alpha value is -0.650. The number of nitrogens with one attached hydrogen (secondary N) is 1. The molecule has 2 N–H and O–H groups in total. The topological polar surface area (TPSA) is 55.8 Å². The van der Waals surface area contributed by atoms with Crippen LogP contribution in [0.2, 0.25) is 0 Å². The monoisotopic (exact) mass is 325 g/mol. The van der Waals surface area contributed by atoms with Crippen LogP contribution in [0.3, 0.4) is 0 Å². The highest BCUT2D eigenvalue weighted by Crippen LogP contribution is 2.24. The van der Waals surface area contributed by atoms with Crippen LogP contribution in [-0.2, 0) is 4.79 Å². The Morgan fingerprint density at radius 1 is 1.17 bits per heavy atom. The molecule has 0 aromatic heterocycles. The van der Waals surface area contributed by atoms with Gasteiger partial charge >= 0.3 is 0 Å². The fraction of sp³-hybridized carbons (Fsp3) is 0.944. The highest BCUT2D eigenvalue weighted by atomic mass is 16.3. The molecule has 0 spiro atoms. The number of aliphatic hydroxyl groups is 1. The zero-order valence-corrected chi connectivity index (χ0v) is 15.1. The first-order valence-corrected chi connectivity index (χ1v) is 9.46. The van der Waals surface area contributed by atoms with Gasteiger partial charge in [-0.05, 0) is 32.1 Å². The van der Waals surface area contributed by atoms with E-state index >= 15 is 0 Å². The summed E-state index contributed by atoms with van der Waals surface area (Å²) in [6.07, 6.45) is 5.88. The van der Waals surface area contributed by atoms with E-state index in [1.165, 1.54) is 19.3 Å². The third-order valence-corrected chi connectivity index (χ3v) is 5.91. The Morgan fingerprint density at radius 2 is 1.78 bits per heavy atom. The summed E-state index contributed by atoms with van der Waals surface area (Å²) in [6, 6.07) is 0.573. The second kappa shape index (κ2) is 9.00. The number of aliphatic hydroxyl groups excluding tert-OH is 1. The second-order valence-corrected chi connectivity index (χ2v) is 7.37. The summed E-state index contributed by atoms with van der Waals surface area (Å²) in [4.78, 5) is 17.2. The maximum absolute atomic E-state index is 12.6. The van der Waals surface area contributed by atoms with Crippen molar-refractivity contribution in [1.29, 1.82) is 0 Å². The van der Waals surface area contributed by atoms with Crippen molar-refractivity contribution in [3.05, 3.63) is 0 Å². The molecule has 2 rings (SSSR count). The molecule has 4 atom stereocenters. The number of rotatable bonds is 6. The van der Waals surface area contributed by atoms with Gasteiger partial charge in [0.25, 0.3) is 0 Å². The van der Waals surface area contributed by atoms with Crippen molar-refractivity contribution < 1.29 is 9.90 Å². The van der Waals surface area contributed by atoms with Crippen LogP contribution in [0.1, 0.15) is 52.9 Å². The fourth-order valence-electron chi connectivity index (χ4n) is 3.99. The van der Waals surface area contributed by atoms with Gasteiger partial charge in [0.05, 0.1) is 12.6 Å². The summed E-state index contributed by atoms with van der Waals surface area (Å²) >= 11 is 0. The van der Waals surface area contributed by atoms with Gasteiger partial charge in [0.1, 0.15) is 0 Å². The lowest BCUT2D eigenvalue weighted by atomic mass is 9.86. The van der Waals surface area contributed by atoms with Crippen LogP contribution >= 0.6 is 0 Å². The predicted molar refractivity (Wildman–Crippen MR) is 93.3 cm³/mol. The fourth-order valence-corrected chi connectivity index (χ4v) is 3.99. The quantitative estimate of drug-likeness (QED) is 0.776. The van der Waals surface area contributed by atoms with E-state index in [-0.39, 0.29) is 24.6 Å². The molecule has 134 valence electrons. The molecule has 0 bridgehead atoms. The second-order valence-electron chi connectivity index (χ2n) is 7.37. The Bertz CT molecular complexity index is 365. The molecule has 4 unspecified atom stereocenters. The lowest BCUT2D eigenvalue weighted by Crippen LogP contribution is -2.57. The molecule has 2 fully saturated rings. The van der Waals surface area contributed by atoms with E-state index in [1.807, 2.05) is 6.92 Å². The molecule has 0 aromatic rings. The van der Waals surface area contributed by atoms with Crippen molar-refractivity contribution in [1.82, 2.24) is 15.1 Å². The maximum atomic E-state index is 12.6. The van der Waals surface area contributed by atoms with Crippen molar-refractivity contribution >= 4 is 5.91 Å². The summed E-state index contributed by atoms with van der Waals surface area (Å²) in [5.41, 5.74) is 0. The molecule has 1 aliphatic carbocycles. The average molecular weight is 325 g/mol. The number of piperazine rings is 1.